The molecule has 0 spiro atoms. The highest BCUT2D eigenvalue weighted by Crippen LogP contribution is 2.17. The molecule has 0 heterocycles. The van der Waals surface area contributed by atoms with Crippen LogP contribution in [0.3, 0.4) is 0 Å². The molecule has 0 aliphatic rings. The second-order valence-corrected chi connectivity index (χ2v) is 5.25. The van der Waals surface area contributed by atoms with Crippen molar-refractivity contribution < 1.29 is 9.53 Å². The van der Waals surface area contributed by atoms with Crippen LogP contribution in [0.2, 0.25) is 0 Å². The van der Waals surface area contributed by atoms with Crippen molar-refractivity contribution in [3.05, 3.63) is 65.7 Å². The number of hydrogen-bond donors (Lipinski definition) is 0. The minimum atomic E-state index is 0.144. The highest BCUT2D eigenvalue weighted by molar-refractivity contribution is 6.17. The first-order valence-electron chi connectivity index (χ1n) is 7.15. The van der Waals surface area contributed by atoms with Gasteiger partial charge in [0.05, 0.1) is 0 Å². The molecule has 2 aromatic carbocycles. The first-order valence-corrected chi connectivity index (χ1v) is 7.69. The molecule has 3 heteroatoms. The molecule has 0 unspecified atom stereocenters. The SMILES string of the molecule is O=C(CCCCCl)c1cccc(OCc2ccccc2)c1. The molecule has 21 heavy (non-hydrogen) atoms. The monoisotopic (exact) mass is 302 g/mol. The third-order valence-corrected chi connectivity index (χ3v) is 3.46. The Hall–Kier alpha value is -1.80. The van der Waals surface area contributed by atoms with Crippen molar-refractivity contribution in [3.8, 4) is 5.75 Å². The van der Waals surface area contributed by atoms with E-state index in [0.717, 1.165) is 24.2 Å². The van der Waals surface area contributed by atoms with Gasteiger partial charge in [-0.2, -0.15) is 0 Å². The van der Waals surface area contributed by atoms with Gasteiger partial charge in [0.15, 0.2) is 5.78 Å². The summed E-state index contributed by atoms with van der Waals surface area (Å²) in [6.07, 6.45) is 2.24. The Bertz CT molecular complexity index is 566. The van der Waals surface area contributed by atoms with Gasteiger partial charge in [-0.15, -0.1) is 11.6 Å². The van der Waals surface area contributed by atoms with Gasteiger partial charge in [-0.25, -0.2) is 0 Å². The van der Waals surface area contributed by atoms with Crippen LogP contribution >= 0.6 is 11.6 Å². The van der Waals surface area contributed by atoms with Gasteiger partial charge in [-0.3, -0.25) is 4.79 Å². The molecule has 2 aromatic rings. The van der Waals surface area contributed by atoms with E-state index in [0.29, 0.717) is 24.5 Å². The molecule has 0 saturated heterocycles. The number of benzene rings is 2. The summed E-state index contributed by atoms with van der Waals surface area (Å²) in [6, 6.07) is 17.3. The fraction of sp³-hybridized carbons (Fsp3) is 0.278. The van der Waals surface area contributed by atoms with Gasteiger partial charge in [0, 0.05) is 17.9 Å². The lowest BCUT2D eigenvalue weighted by Crippen LogP contribution is -2.01. The molecule has 2 rings (SSSR count). The van der Waals surface area contributed by atoms with Crippen LogP contribution in [-0.4, -0.2) is 11.7 Å². The fourth-order valence-electron chi connectivity index (χ4n) is 2.02. The Labute approximate surface area is 130 Å². The van der Waals surface area contributed by atoms with Gasteiger partial charge in [0.1, 0.15) is 12.4 Å². The fourth-order valence-corrected chi connectivity index (χ4v) is 2.21. The molecule has 0 amide bonds. The number of carbonyl (C=O) groups excluding carboxylic acids is 1. The maximum atomic E-state index is 12.0. The standard InChI is InChI=1S/C18H19ClO2/c19-12-5-4-11-18(20)16-9-6-10-17(13-16)21-14-15-7-2-1-3-8-15/h1-3,6-10,13H,4-5,11-12,14H2. The van der Waals surface area contributed by atoms with Crippen LogP contribution < -0.4 is 4.74 Å². The van der Waals surface area contributed by atoms with Crippen molar-refractivity contribution in [1.29, 1.82) is 0 Å². The van der Waals surface area contributed by atoms with Crippen molar-refractivity contribution in [2.75, 3.05) is 5.88 Å². The summed E-state index contributed by atoms with van der Waals surface area (Å²) in [7, 11) is 0. The highest BCUT2D eigenvalue weighted by atomic mass is 35.5. The number of halogens is 1. The Morgan fingerprint density at radius 3 is 2.57 bits per heavy atom. The van der Waals surface area contributed by atoms with Gasteiger partial charge < -0.3 is 4.74 Å². The van der Waals surface area contributed by atoms with Gasteiger partial charge >= 0.3 is 0 Å². The topological polar surface area (TPSA) is 26.3 Å². The summed E-state index contributed by atoms with van der Waals surface area (Å²) >= 11 is 5.62. The largest absolute Gasteiger partial charge is 0.489 e. The first kappa shape index (κ1) is 15.6. The van der Waals surface area contributed by atoms with E-state index in [2.05, 4.69) is 0 Å². The van der Waals surface area contributed by atoms with Gasteiger partial charge in [-0.05, 0) is 30.5 Å². The lowest BCUT2D eigenvalue weighted by atomic mass is 10.1. The number of rotatable bonds is 8. The van der Waals surface area contributed by atoms with E-state index in [1.807, 2.05) is 54.6 Å². The minimum absolute atomic E-state index is 0.144. The molecule has 0 bridgehead atoms. The van der Waals surface area contributed by atoms with Crippen LogP contribution in [0, 0.1) is 0 Å². The molecule has 0 saturated carbocycles. The number of hydrogen-bond acceptors (Lipinski definition) is 2. The molecule has 0 radical (unpaired) electrons. The predicted molar refractivity (Wildman–Crippen MR) is 86.1 cm³/mol. The third-order valence-electron chi connectivity index (χ3n) is 3.19. The van der Waals surface area contributed by atoms with Crippen LogP contribution in [0.15, 0.2) is 54.6 Å². The van der Waals surface area contributed by atoms with Gasteiger partial charge in [-0.1, -0.05) is 42.5 Å². The van der Waals surface area contributed by atoms with E-state index in [-0.39, 0.29) is 5.78 Å². The molecule has 2 nitrogen and oxygen atoms in total. The summed E-state index contributed by atoms with van der Waals surface area (Å²) in [5, 5.41) is 0. The van der Waals surface area contributed by atoms with E-state index >= 15 is 0 Å². The van der Waals surface area contributed by atoms with E-state index in [9.17, 15) is 4.79 Å². The van der Waals surface area contributed by atoms with E-state index in [1.165, 1.54) is 0 Å². The van der Waals surface area contributed by atoms with Gasteiger partial charge in [0.2, 0.25) is 0 Å². The lowest BCUT2D eigenvalue weighted by molar-refractivity contribution is 0.0979. The zero-order valence-corrected chi connectivity index (χ0v) is 12.7. The molecule has 0 aliphatic carbocycles. The average Bonchev–Trinajstić information content (AvgIpc) is 2.54. The second kappa shape index (κ2) is 8.48. The lowest BCUT2D eigenvalue weighted by Gasteiger charge is -2.08. The molecule has 0 aliphatic heterocycles. The maximum absolute atomic E-state index is 12.0. The van der Waals surface area contributed by atoms with Crippen molar-refractivity contribution >= 4 is 17.4 Å². The number of ketones is 1. The number of Topliss-reactive ketones (excluding diaryl/α,β-unsaturated/α-hetero) is 1. The number of ether oxygens (including phenoxy) is 1. The predicted octanol–water partition coefficient (Wildman–Crippen LogP) is 4.86. The Morgan fingerprint density at radius 2 is 1.81 bits per heavy atom. The molecule has 0 aromatic heterocycles. The summed E-state index contributed by atoms with van der Waals surface area (Å²) in [5.41, 5.74) is 1.81. The van der Waals surface area contributed by atoms with Crippen LogP contribution in [0.1, 0.15) is 35.2 Å². The summed E-state index contributed by atoms with van der Waals surface area (Å²) in [6.45, 7) is 0.505. The van der Waals surface area contributed by atoms with Crippen molar-refractivity contribution in [2.24, 2.45) is 0 Å². The molecular weight excluding hydrogens is 284 g/mol. The Balaban J connectivity index is 1.92. The van der Waals surface area contributed by atoms with Crippen LogP contribution in [0.4, 0.5) is 0 Å². The zero-order valence-electron chi connectivity index (χ0n) is 11.9. The first-order chi connectivity index (χ1) is 10.3. The van der Waals surface area contributed by atoms with Crippen LogP contribution in [0.5, 0.6) is 5.75 Å². The van der Waals surface area contributed by atoms with E-state index < -0.39 is 0 Å². The van der Waals surface area contributed by atoms with E-state index in [4.69, 9.17) is 16.3 Å². The Kier molecular flexibility index (Phi) is 6.29. The summed E-state index contributed by atoms with van der Waals surface area (Å²) in [5.74, 6) is 1.47. The molecule has 110 valence electrons. The third kappa shape index (κ3) is 5.24. The minimum Gasteiger partial charge on any atom is -0.489 e. The van der Waals surface area contributed by atoms with Crippen molar-refractivity contribution in [2.45, 2.75) is 25.9 Å². The number of alkyl halides is 1. The van der Waals surface area contributed by atoms with E-state index in [1.54, 1.807) is 0 Å². The van der Waals surface area contributed by atoms with Crippen molar-refractivity contribution in [3.63, 3.8) is 0 Å². The molecule has 0 fully saturated rings. The van der Waals surface area contributed by atoms with Gasteiger partial charge in [0.25, 0.3) is 0 Å². The van der Waals surface area contributed by atoms with Crippen molar-refractivity contribution in [1.82, 2.24) is 0 Å². The second-order valence-electron chi connectivity index (χ2n) is 4.87. The number of unbranched alkanes of at least 4 members (excludes halogenated alkanes) is 1. The maximum Gasteiger partial charge on any atom is 0.163 e. The summed E-state index contributed by atoms with van der Waals surface area (Å²) in [4.78, 5) is 12.0. The van der Waals surface area contributed by atoms with Crippen LogP contribution in [-0.2, 0) is 6.61 Å². The normalized spacial score (nSPS) is 10.3. The van der Waals surface area contributed by atoms with Crippen LogP contribution in [0.25, 0.3) is 0 Å². The molecular formula is C18H19ClO2. The molecule has 0 N–H and O–H groups in total. The highest BCUT2D eigenvalue weighted by Gasteiger charge is 2.06. The molecule has 0 atom stereocenters. The summed E-state index contributed by atoms with van der Waals surface area (Å²) < 4.78 is 5.74. The Morgan fingerprint density at radius 1 is 1.00 bits per heavy atom. The smallest absolute Gasteiger partial charge is 0.163 e. The average molecular weight is 303 g/mol. The number of carbonyl (C=O) groups is 1. The quantitative estimate of drug-likeness (QED) is 0.395. The zero-order chi connectivity index (χ0) is 14.9.